The van der Waals surface area contributed by atoms with Crippen LogP contribution in [0.3, 0.4) is 0 Å². The third-order valence-corrected chi connectivity index (χ3v) is 6.38. The van der Waals surface area contributed by atoms with E-state index in [1.54, 1.807) is 7.11 Å². The van der Waals surface area contributed by atoms with Crippen molar-refractivity contribution in [1.29, 1.82) is 0 Å². The van der Waals surface area contributed by atoms with Crippen LogP contribution in [0.1, 0.15) is 54.1 Å². The molecule has 4 rings (SSSR count). The number of hydrogen-bond acceptors (Lipinski definition) is 3. The molecule has 28 heavy (non-hydrogen) atoms. The van der Waals surface area contributed by atoms with Gasteiger partial charge in [0.05, 0.1) is 18.8 Å². The van der Waals surface area contributed by atoms with Crippen molar-refractivity contribution in [2.45, 2.75) is 43.7 Å². The molecule has 1 saturated carbocycles. The topological polar surface area (TPSA) is 49.8 Å². The Morgan fingerprint density at radius 1 is 1.11 bits per heavy atom. The minimum Gasteiger partial charge on any atom is -0.497 e. The Morgan fingerprint density at radius 3 is 2.50 bits per heavy atom. The van der Waals surface area contributed by atoms with E-state index in [1.165, 1.54) is 24.3 Å². The maximum Gasteiger partial charge on any atom is 0.254 e. The standard InChI is InChI=1S/C23H26FNO3/c1-28-19-11-7-16(8-12-19)21-20-4-2-3-13-23(20,27)14-15-25(21)22(26)17-5-9-18(24)10-6-17/h5-12,20-21,27H,2-4,13-15H2,1H3. The minimum absolute atomic E-state index is 0.00667. The fraction of sp³-hybridized carbons (Fsp3) is 0.435. The Balaban J connectivity index is 1.72. The molecule has 0 radical (unpaired) electrons. The smallest absolute Gasteiger partial charge is 0.254 e. The highest BCUT2D eigenvalue weighted by Gasteiger charge is 2.50. The molecule has 0 aromatic heterocycles. The van der Waals surface area contributed by atoms with Gasteiger partial charge in [-0.15, -0.1) is 0 Å². The number of fused-ring (bicyclic) bond motifs is 1. The number of halogens is 1. The molecule has 1 amide bonds. The van der Waals surface area contributed by atoms with Gasteiger partial charge in [-0.1, -0.05) is 25.0 Å². The lowest BCUT2D eigenvalue weighted by Gasteiger charge is -2.52. The van der Waals surface area contributed by atoms with Crippen LogP contribution in [0.4, 0.5) is 4.39 Å². The van der Waals surface area contributed by atoms with Gasteiger partial charge in [-0.3, -0.25) is 4.79 Å². The van der Waals surface area contributed by atoms with Crippen molar-refractivity contribution in [1.82, 2.24) is 4.90 Å². The van der Waals surface area contributed by atoms with Crippen molar-refractivity contribution in [3.8, 4) is 5.75 Å². The number of hydrogen-bond donors (Lipinski definition) is 1. The molecule has 2 aromatic carbocycles. The third kappa shape index (κ3) is 3.39. The van der Waals surface area contributed by atoms with Gasteiger partial charge < -0.3 is 14.7 Å². The number of carbonyl (C=O) groups excluding carboxylic acids is 1. The lowest BCUT2D eigenvalue weighted by Crippen LogP contribution is -2.56. The van der Waals surface area contributed by atoms with Gasteiger partial charge in [0.25, 0.3) is 5.91 Å². The molecule has 1 N–H and O–H groups in total. The summed E-state index contributed by atoms with van der Waals surface area (Å²) >= 11 is 0. The number of aliphatic hydroxyl groups is 1. The summed E-state index contributed by atoms with van der Waals surface area (Å²) in [5.74, 6) is 0.277. The summed E-state index contributed by atoms with van der Waals surface area (Å²) in [5, 5.41) is 11.3. The molecule has 2 fully saturated rings. The zero-order valence-electron chi connectivity index (χ0n) is 16.1. The third-order valence-electron chi connectivity index (χ3n) is 6.38. The van der Waals surface area contributed by atoms with Crippen LogP contribution in [0.15, 0.2) is 48.5 Å². The summed E-state index contributed by atoms with van der Waals surface area (Å²) in [6.07, 6.45) is 4.33. The number of methoxy groups -OCH3 is 1. The largest absolute Gasteiger partial charge is 0.497 e. The molecule has 1 aliphatic carbocycles. The first-order chi connectivity index (χ1) is 13.5. The number of carbonyl (C=O) groups is 1. The first-order valence-electron chi connectivity index (χ1n) is 9.95. The van der Waals surface area contributed by atoms with Crippen LogP contribution < -0.4 is 4.74 Å². The number of rotatable bonds is 3. The lowest BCUT2D eigenvalue weighted by molar-refractivity contribution is -0.115. The summed E-state index contributed by atoms with van der Waals surface area (Å²) < 4.78 is 18.6. The highest BCUT2D eigenvalue weighted by molar-refractivity contribution is 5.94. The summed E-state index contributed by atoms with van der Waals surface area (Å²) in [6.45, 7) is 0.486. The second kappa shape index (κ2) is 7.55. The predicted molar refractivity (Wildman–Crippen MR) is 105 cm³/mol. The normalized spacial score (nSPS) is 27.2. The van der Waals surface area contributed by atoms with Crippen molar-refractivity contribution >= 4 is 5.91 Å². The van der Waals surface area contributed by atoms with Gasteiger partial charge in [0.2, 0.25) is 0 Å². The van der Waals surface area contributed by atoms with E-state index in [1.807, 2.05) is 29.2 Å². The van der Waals surface area contributed by atoms with E-state index in [2.05, 4.69) is 0 Å². The van der Waals surface area contributed by atoms with Crippen molar-refractivity contribution in [2.75, 3.05) is 13.7 Å². The van der Waals surface area contributed by atoms with E-state index < -0.39 is 5.60 Å². The van der Waals surface area contributed by atoms with E-state index in [9.17, 15) is 14.3 Å². The fourth-order valence-electron chi connectivity index (χ4n) is 4.88. The molecular formula is C23H26FNO3. The molecule has 5 heteroatoms. The van der Waals surface area contributed by atoms with E-state index in [0.29, 0.717) is 18.5 Å². The Kier molecular flexibility index (Phi) is 5.11. The maximum atomic E-state index is 13.3. The number of ether oxygens (including phenoxy) is 1. The number of piperidine rings is 1. The average molecular weight is 383 g/mol. The van der Waals surface area contributed by atoms with Crippen molar-refractivity contribution in [3.05, 3.63) is 65.5 Å². The van der Waals surface area contributed by atoms with Crippen LogP contribution in [-0.2, 0) is 0 Å². The second-order valence-corrected chi connectivity index (χ2v) is 7.93. The molecule has 0 bridgehead atoms. The number of likely N-dealkylation sites (tertiary alicyclic amines) is 1. The molecule has 4 nitrogen and oxygen atoms in total. The number of nitrogens with zero attached hydrogens (tertiary/aromatic N) is 1. The van der Waals surface area contributed by atoms with Crippen LogP contribution >= 0.6 is 0 Å². The fourth-order valence-corrected chi connectivity index (χ4v) is 4.88. The first kappa shape index (κ1) is 18.9. The molecule has 1 saturated heterocycles. The molecule has 3 atom stereocenters. The summed E-state index contributed by atoms with van der Waals surface area (Å²) in [6, 6.07) is 13.2. The van der Waals surface area contributed by atoms with Gasteiger partial charge in [-0.05, 0) is 61.2 Å². The van der Waals surface area contributed by atoms with Crippen molar-refractivity contribution < 1.29 is 19.0 Å². The van der Waals surface area contributed by atoms with E-state index in [0.717, 1.165) is 37.0 Å². The monoisotopic (exact) mass is 383 g/mol. The van der Waals surface area contributed by atoms with Crippen LogP contribution in [0.25, 0.3) is 0 Å². The van der Waals surface area contributed by atoms with Gasteiger partial charge in [0.1, 0.15) is 11.6 Å². The van der Waals surface area contributed by atoms with E-state index in [-0.39, 0.29) is 23.7 Å². The summed E-state index contributed by atoms with van der Waals surface area (Å²) in [5.41, 5.74) is 0.741. The molecule has 3 unspecified atom stereocenters. The molecule has 1 aliphatic heterocycles. The highest BCUT2D eigenvalue weighted by Crippen LogP contribution is 2.49. The Labute approximate surface area is 164 Å². The Morgan fingerprint density at radius 2 is 1.82 bits per heavy atom. The van der Waals surface area contributed by atoms with Crippen LogP contribution in [0.5, 0.6) is 5.75 Å². The molecular weight excluding hydrogens is 357 g/mol. The molecule has 0 spiro atoms. The van der Waals surface area contributed by atoms with Crippen molar-refractivity contribution in [2.24, 2.45) is 5.92 Å². The highest BCUT2D eigenvalue weighted by atomic mass is 19.1. The zero-order chi connectivity index (χ0) is 19.7. The molecule has 1 heterocycles. The van der Waals surface area contributed by atoms with Crippen LogP contribution in [0, 0.1) is 11.7 Å². The zero-order valence-corrected chi connectivity index (χ0v) is 16.1. The predicted octanol–water partition coefficient (Wildman–Crippen LogP) is 4.34. The van der Waals surface area contributed by atoms with E-state index >= 15 is 0 Å². The van der Waals surface area contributed by atoms with Gasteiger partial charge in [-0.25, -0.2) is 4.39 Å². The SMILES string of the molecule is COc1ccc(C2C3CCCCC3(O)CCN2C(=O)c2ccc(F)cc2)cc1. The second-order valence-electron chi connectivity index (χ2n) is 7.93. The van der Waals surface area contributed by atoms with Gasteiger partial charge in [0.15, 0.2) is 0 Å². The number of amides is 1. The van der Waals surface area contributed by atoms with Gasteiger partial charge in [-0.2, -0.15) is 0 Å². The lowest BCUT2D eigenvalue weighted by atomic mass is 9.66. The molecule has 2 aromatic rings. The van der Waals surface area contributed by atoms with E-state index in [4.69, 9.17) is 4.74 Å². The van der Waals surface area contributed by atoms with Gasteiger partial charge >= 0.3 is 0 Å². The molecule has 148 valence electrons. The average Bonchev–Trinajstić information content (AvgIpc) is 2.73. The molecule has 2 aliphatic rings. The maximum absolute atomic E-state index is 13.3. The summed E-state index contributed by atoms with van der Waals surface area (Å²) in [7, 11) is 1.62. The Hall–Kier alpha value is -2.40. The van der Waals surface area contributed by atoms with Crippen LogP contribution in [0.2, 0.25) is 0 Å². The number of benzene rings is 2. The van der Waals surface area contributed by atoms with Crippen LogP contribution in [-0.4, -0.2) is 35.2 Å². The first-order valence-corrected chi connectivity index (χ1v) is 9.95. The Bertz CT molecular complexity index is 836. The summed E-state index contributed by atoms with van der Waals surface area (Å²) in [4.78, 5) is 15.2. The minimum atomic E-state index is -0.734. The van der Waals surface area contributed by atoms with Crippen molar-refractivity contribution in [3.63, 3.8) is 0 Å². The van der Waals surface area contributed by atoms with Gasteiger partial charge in [0, 0.05) is 18.0 Å². The quantitative estimate of drug-likeness (QED) is 0.858.